The third-order valence-electron chi connectivity index (χ3n) is 3.58. The highest BCUT2D eigenvalue weighted by atomic mass is 32.2. The SMILES string of the molecule is CS(=O)(=O)N1CCC[C@@H](C(=O)Nc2ccc(OC(F)(F)F)cc2)C1. The van der Waals surface area contributed by atoms with Gasteiger partial charge in [-0.1, -0.05) is 0 Å². The van der Waals surface area contributed by atoms with Crippen molar-refractivity contribution in [2.24, 2.45) is 5.92 Å². The zero-order valence-electron chi connectivity index (χ0n) is 12.8. The zero-order valence-corrected chi connectivity index (χ0v) is 13.7. The average molecular weight is 366 g/mol. The number of hydrogen-bond acceptors (Lipinski definition) is 4. The normalized spacial score (nSPS) is 19.8. The fourth-order valence-electron chi connectivity index (χ4n) is 2.44. The number of rotatable bonds is 4. The van der Waals surface area contributed by atoms with E-state index in [1.807, 2.05) is 0 Å². The summed E-state index contributed by atoms with van der Waals surface area (Å²) in [4.78, 5) is 12.2. The standard InChI is InChI=1S/C14H17F3N2O4S/c1-24(21,22)19-8-2-3-10(9-19)13(20)18-11-4-6-12(7-5-11)23-14(15,16)17/h4-7,10H,2-3,8-9H2,1H3,(H,18,20)/t10-/m1/s1. The summed E-state index contributed by atoms with van der Waals surface area (Å²) in [6.07, 6.45) is -2.56. The van der Waals surface area contributed by atoms with Gasteiger partial charge in [-0.15, -0.1) is 13.2 Å². The summed E-state index contributed by atoms with van der Waals surface area (Å²) < 4.78 is 64.3. The van der Waals surface area contributed by atoms with E-state index in [2.05, 4.69) is 10.1 Å². The number of sulfonamides is 1. The van der Waals surface area contributed by atoms with Gasteiger partial charge in [-0.05, 0) is 37.1 Å². The molecular formula is C14H17F3N2O4S. The van der Waals surface area contributed by atoms with Crippen LogP contribution in [0.4, 0.5) is 18.9 Å². The molecule has 134 valence electrons. The quantitative estimate of drug-likeness (QED) is 0.886. The summed E-state index contributed by atoms with van der Waals surface area (Å²) in [5.74, 6) is -1.26. The van der Waals surface area contributed by atoms with E-state index >= 15 is 0 Å². The molecule has 1 saturated heterocycles. The molecule has 1 aromatic carbocycles. The van der Waals surface area contributed by atoms with E-state index in [9.17, 15) is 26.4 Å². The summed E-state index contributed by atoms with van der Waals surface area (Å²) >= 11 is 0. The van der Waals surface area contributed by atoms with Gasteiger partial charge in [0.1, 0.15) is 5.75 Å². The van der Waals surface area contributed by atoms with Gasteiger partial charge in [0.05, 0.1) is 12.2 Å². The molecule has 0 spiro atoms. The fourth-order valence-corrected chi connectivity index (χ4v) is 3.35. The molecule has 0 aromatic heterocycles. The molecule has 1 aromatic rings. The van der Waals surface area contributed by atoms with E-state index < -0.39 is 22.3 Å². The maximum Gasteiger partial charge on any atom is 0.573 e. The Kier molecular flexibility index (Phi) is 5.38. The first-order valence-electron chi connectivity index (χ1n) is 7.16. The van der Waals surface area contributed by atoms with Crippen LogP contribution in [0.15, 0.2) is 24.3 Å². The molecular weight excluding hydrogens is 349 g/mol. The number of benzene rings is 1. The molecule has 2 rings (SSSR count). The molecule has 0 aliphatic carbocycles. The summed E-state index contributed by atoms with van der Waals surface area (Å²) in [6, 6.07) is 4.76. The van der Waals surface area contributed by atoms with E-state index in [-0.39, 0.29) is 18.2 Å². The highest BCUT2D eigenvalue weighted by Crippen LogP contribution is 2.25. The maximum absolute atomic E-state index is 12.2. The minimum absolute atomic E-state index is 0.0972. The average Bonchev–Trinajstić information content (AvgIpc) is 2.47. The highest BCUT2D eigenvalue weighted by Gasteiger charge is 2.31. The topological polar surface area (TPSA) is 75.7 Å². The Labute approximate surface area is 137 Å². The van der Waals surface area contributed by atoms with Crippen LogP contribution in [-0.2, 0) is 14.8 Å². The highest BCUT2D eigenvalue weighted by molar-refractivity contribution is 7.88. The van der Waals surface area contributed by atoms with Crippen LogP contribution < -0.4 is 10.1 Å². The van der Waals surface area contributed by atoms with Gasteiger partial charge in [0.15, 0.2) is 0 Å². The summed E-state index contributed by atoms with van der Waals surface area (Å²) in [5, 5.41) is 2.58. The third-order valence-corrected chi connectivity index (χ3v) is 4.85. The molecule has 1 atom stereocenters. The number of ether oxygens (including phenoxy) is 1. The molecule has 1 N–H and O–H groups in total. The zero-order chi connectivity index (χ0) is 18.0. The minimum atomic E-state index is -4.78. The molecule has 1 aliphatic rings. The van der Waals surface area contributed by atoms with Crippen molar-refractivity contribution in [3.05, 3.63) is 24.3 Å². The summed E-state index contributed by atoms with van der Waals surface area (Å²) in [5.41, 5.74) is 0.311. The van der Waals surface area contributed by atoms with Gasteiger partial charge in [0.2, 0.25) is 15.9 Å². The Balaban J connectivity index is 1.97. The van der Waals surface area contributed by atoms with Crippen molar-refractivity contribution >= 4 is 21.6 Å². The van der Waals surface area contributed by atoms with Crippen molar-refractivity contribution in [2.45, 2.75) is 19.2 Å². The predicted octanol–water partition coefficient (Wildman–Crippen LogP) is 2.20. The Hall–Kier alpha value is -1.81. The van der Waals surface area contributed by atoms with Gasteiger partial charge in [-0.2, -0.15) is 0 Å². The van der Waals surface area contributed by atoms with Crippen molar-refractivity contribution in [2.75, 3.05) is 24.7 Å². The number of carbonyl (C=O) groups excluding carboxylic acids is 1. The lowest BCUT2D eigenvalue weighted by atomic mass is 9.99. The van der Waals surface area contributed by atoms with E-state index in [1.54, 1.807) is 0 Å². The fraction of sp³-hybridized carbons (Fsp3) is 0.500. The Morgan fingerprint density at radius 2 is 1.92 bits per heavy atom. The summed E-state index contributed by atoms with van der Waals surface area (Å²) in [6.45, 7) is 0.478. The lowest BCUT2D eigenvalue weighted by Crippen LogP contribution is -2.43. The van der Waals surface area contributed by atoms with Crippen molar-refractivity contribution in [3.63, 3.8) is 0 Å². The molecule has 1 aliphatic heterocycles. The number of carbonyl (C=O) groups is 1. The van der Waals surface area contributed by atoms with Crippen LogP contribution in [0.5, 0.6) is 5.75 Å². The molecule has 0 saturated carbocycles. The molecule has 1 fully saturated rings. The van der Waals surface area contributed by atoms with Gasteiger partial charge in [0.25, 0.3) is 0 Å². The Morgan fingerprint density at radius 3 is 2.46 bits per heavy atom. The number of hydrogen-bond donors (Lipinski definition) is 1. The van der Waals surface area contributed by atoms with E-state index in [1.165, 1.54) is 16.4 Å². The molecule has 0 bridgehead atoms. The molecule has 1 amide bonds. The molecule has 10 heteroatoms. The van der Waals surface area contributed by atoms with Gasteiger partial charge < -0.3 is 10.1 Å². The number of anilines is 1. The monoisotopic (exact) mass is 366 g/mol. The first kappa shape index (κ1) is 18.5. The predicted molar refractivity (Wildman–Crippen MR) is 80.9 cm³/mol. The Bertz CT molecular complexity index is 689. The van der Waals surface area contributed by atoms with Crippen molar-refractivity contribution in [1.29, 1.82) is 0 Å². The molecule has 0 radical (unpaired) electrons. The molecule has 24 heavy (non-hydrogen) atoms. The van der Waals surface area contributed by atoms with Crippen LogP contribution in [0.2, 0.25) is 0 Å². The second-order valence-electron chi connectivity index (χ2n) is 5.52. The first-order valence-corrected chi connectivity index (χ1v) is 9.01. The minimum Gasteiger partial charge on any atom is -0.406 e. The summed E-state index contributed by atoms with van der Waals surface area (Å²) in [7, 11) is -3.36. The van der Waals surface area contributed by atoms with Crippen LogP contribution in [0.1, 0.15) is 12.8 Å². The molecule has 0 unspecified atom stereocenters. The number of nitrogens with one attached hydrogen (secondary N) is 1. The molecule has 6 nitrogen and oxygen atoms in total. The number of piperidine rings is 1. The van der Waals surface area contributed by atoms with Crippen LogP contribution >= 0.6 is 0 Å². The second kappa shape index (κ2) is 6.98. The van der Waals surface area contributed by atoms with Crippen LogP contribution in [0, 0.1) is 5.92 Å². The first-order chi connectivity index (χ1) is 11.0. The number of alkyl halides is 3. The van der Waals surface area contributed by atoms with Crippen LogP contribution in [-0.4, -0.2) is 44.3 Å². The van der Waals surface area contributed by atoms with Crippen LogP contribution in [0.3, 0.4) is 0 Å². The largest absolute Gasteiger partial charge is 0.573 e. The molecule has 1 heterocycles. The van der Waals surface area contributed by atoms with Crippen molar-refractivity contribution < 1.29 is 31.1 Å². The number of halogens is 3. The van der Waals surface area contributed by atoms with E-state index in [0.29, 0.717) is 25.1 Å². The maximum atomic E-state index is 12.2. The lowest BCUT2D eigenvalue weighted by Gasteiger charge is -2.30. The smallest absolute Gasteiger partial charge is 0.406 e. The van der Waals surface area contributed by atoms with E-state index in [0.717, 1.165) is 18.4 Å². The van der Waals surface area contributed by atoms with E-state index in [4.69, 9.17) is 0 Å². The van der Waals surface area contributed by atoms with Crippen molar-refractivity contribution in [1.82, 2.24) is 4.31 Å². The number of amides is 1. The van der Waals surface area contributed by atoms with Crippen molar-refractivity contribution in [3.8, 4) is 5.75 Å². The van der Waals surface area contributed by atoms with Gasteiger partial charge >= 0.3 is 6.36 Å². The van der Waals surface area contributed by atoms with Gasteiger partial charge in [-0.3, -0.25) is 4.79 Å². The van der Waals surface area contributed by atoms with Crippen LogP contribution in [0.25, 0.3) is 0 Å². The van der Waals surface area contributed by atoms with Gasteiger partial charge in [0, 0.05) is 18.8 Å². The number of nitrogens with zero attached hydrogens (tertiary/aromatic N) is 1. The lowest BCUT2D eigenvalue weighted by molar-refractivity contribution is -0.274. The van der Waals surface area contributed by atoms with Gasteiger partial charge in [-0.25, -0.2) is 12.7 Å². The Morgan fingerprint density at radius 1 is 1.29 bits per heavy atom. The second-order valence-corrected chi connectivity index (χ2v) is 7.50. The third kappa shape index (κ3) is 5.38.